The van der Waals surface area contributed by atoms with Crippen LogP contribution >= 0.6 is 0 Å². The second-order valence-electron chi connectivity index (χ2n) is 7.35. The Hall–Kier alpha value is -2.86. The molecule has 4 N–H and O–H groups in total. The summed E-state index contributed by atoms with van der Waals surface area (Å²) < 4.78 is 0. The highest BCUT2D eigenvalue weighted by Crippen LogP contribution is 2.19. The van der Waals surface area contributed by atoms with Gasteiger partial charge in [0.2, 0.25) is 5.91 Å². The third-order valence-corrected chi connectivity index (χ3v) is 4.98. The number of benzene rings is 2. The average Bonchev–Trinajstić information content (AvgIpc) is 2.92. The summed E-state index contributed by atoms with van der Waals surface area (Å²) in [4.78, 5) is 27.1. The van der Waals surface area contributed by atoms with E-state index in [4.69, 9.17) is 5.73 Å². The molecular formula is C22H28N4O2. The maximum atomic E-state index is 12.6. The molecule has 2 amide bonds. The van der Waals surface area contributed by atoms with Crippen LogP contribution < -0.4 is 16.4 Å². The Kier molecular flexibility index (Phi) is 6.66. The molecule has 2 aromatic rings. The van der Waals surface area contributed by atoms with E-state index in [0.717, 1.165) is 31.5 Å². The van der Waals surface area contributed by atoms with E-state index in [9.17, 15) is 9.59 Å². The zero-order valence-corrected chi connectivity index (χ0v) is 16.3. The smallest absolute Gasteiger partial charge is 0.256 e. The fourth-order valence-electron chi connectivity index (χ4n) is 3.46. The molecule has 0 saturated carbocycles. The van der Waals surface area contributed by atoms with Crippen LogP contribution in [0.4, 0.5) is 17.1 Å². The highest BCUT2D eigenvalue weighted by molar-refractivity contribution is 6.06. The van der Waals surface area contributed by atoms with E-state index < -0.39 is 0 Å². The number of nitrogens with zero attached hydrogens (tertiary/aromatic N) is 1. The van der Waals surface area contributed by atoms with E-state index in [2.05, 4.69) is 15.5 Å². The van der Waals surface area contributed by atoms with Gasteiger partial charge in [0.15, 0.2) is 0 Å². The van der Waals surface area contributed by atoms with Crippen LogP contribution in [0.15, 0.2) is 42.5 Å². The fraction of sp³-hybridized carbons (Fsp3) is 0.364. The van der Waals surface area contributed by atoms with Gasteiger partial charge in [0.25, 0.3) is 5.91 Å². The van der Waals surface area contributed by atoms with Crippen LogP contribution in [0.1, 0.15) is 41.6 Å². The lowest BCUT2D eigenvalue weighted by Gasteiger charge is -2.19. The SMILES string of the molecule is Cc1ccc(N)cc1C(=O)Nc1cccc(NC(=O)CN2CCCCCC2)c1. The maximum absolute atomic E-state index is 12.6. The minimum absolute atomic E-state index is 0.0305. The standard InChI is InChI=1S/C22H28N4O2/c1-16-9-10-17(23)13-20(16)22(28)25-19-8-6-7-18(14-19)24-21(27)15-26-11-4-2-3-5-12-26/h6-10,13-14H,2-5,11-12,15,23H2,1H3,(H,24,27)(H,25,28). The summed E-state index contributed by atoms with van der Waals surface area (Å²) in [6.45, 7) is 4.22. The average molecular weight is 380 g/mol. The van der Waals surface area contributed by atoms with E-state index >= 15 is 0 Å². The number of hydrogen-bond donors (Lipinski definition) is 3. The van der Waals surface area contributed by atoms with Gasteiger partial charge in [-0.1, -0.05) is 25.0 Å². The van der Waals surface area contributed by atoms with E-state index in [-0.39, 0.29) is 11.8 Å². The Labute approximate surface area is 166 Å². The Bertz CT molecular complexity index is 842. The summed E-state index contributed by atoms with van der Waals surface area (Å²) in [6.07, 6.45) is 4.79. The number of anilines is 3. The number of amides is 2. The van der Waals surface area contributed by atoms with Crippen molar-refractivity contribution in [2.75, 3.05) is 36.0 Å². The number of likely N-dealkylation sites (tertiary alicyclic amines) is 1. The molecule has 0 radical (unpaired) electrons. The molecule has 0 unspecified atom stereocenters. The monoisotopic (exact) mass is 380 g/mol. The first-order valence-corrected chi connectivity index (χ1v) is 9.81. The second kappa shape index (κ2) is 9.37. The van der Waals surface area contributed by atoms with Gasteiger partial charge in [0.05, 0.1) is 6.54 Å². The van der Waals surface area contributed by atoms with E-state index in [1.54, 1.807) is 24.3 Å². The van der Waals surface area contributed by atoms with Gasteiger partial charge >= 0.3 is 0 Å². The largest absolute Gasteiger partial charge is 0.399 e. The van der Waals surface area contributed by atoms with Gasteiger partial charge < -0.3 is 16.4 Å². The number of aryl methyl sites for hydroxylation is 1. The molecule has 28 heavy (non-hydrogen) atoms. The van der Waals surface area contributed by atoms with Crippen molar-refractivity contribution >= 4 is 28.9 Å². The van der Waals surface area contributed by atoms with Crippen LogP contribution in [0.5, 0.6) is 0 Å². The number of nitrogens with two attached hydrogens (primary N) is 1. The Balaban J connectivity index is 1.61. The second-order valence-corrected chi connectivity index (χ2v) is 7.35. The number of carbonyl (C=O) groups is 2. The minimum Gasteiger partial charge on any atom is -0.399 e. The molecular weight excluding hydrogens is 352 g/mol. The van der Waals surface area contributed by atoms with Crippen molar-refractivity contribution in [3.05, 3.63) is 53.6 Å². The molecule has 0 aromatic heterocycles. The summed E-state index contributed by atoms with van der Waals surface area (Å²) in [5.41, 5.74) is 9.02. The first-order valence-electron chi connectivity index (χ1n) is 9.81. The normalized spacial score (nSPS) is 14.9. The topological polar surface area (TPSA) is 87.5 Å². The predicted molar refractivity (Wildman–Crippen MR) is 114 cm³/mol. The molecule has 1 fully saturated rings. The summed E-state index contributed by atoms with van der Waals surface area (Å²) >= 11 is 0. The third kappa shape index (κ3) is 5.57. The van der Waals surface area contributed by atoms with E-state index in [0.29, 0.717) is 29.2 Å². The molecule has 1 saturated heterocycles. The van der Waals surface area contributed by atoms with Crippen LogP contribution in [-0.2, 0) is 4.79 Å². The summed E-state index contributed by atoms with van der Waals surface area (Å²) in [5, 5.41) is 5.80. The van der Waals surface area contributed by atoms with Gasteiger partial charge in [-0.15, -0.1) is 0 Å². The molecule has 0 bridgehead atoms. The van der Waals surface area contributed by atoms with Crippen molar-refractivity contribution in [2.24, 2.45) is 0 Å². The van der Waals surface area contributed by atoms with Gasteiger partial charge in [-0.3, -0.25) is 14.5 Å². The van der Waals surface area contributed by atoms with Gasteiger partial charge in [-0.2, -0.15) is 0 Å². The minimum atomic E-state index is -0.224. The highest BCUT2D eigenvalue weighted by atomic mass is 16.2. The lowest BCUT2D eigenvalue weighted by atomic mass is 10.1. The number of hydrogen-bond acceptors (Lipinski definition) is 4. The zero-order chi connectivity index (χ0) is 19.9. The number of nitrogen functional groups attached to an aromatic ring is 1. The highest BCUT2D eigenvalue weighted by Gasteiger charge is 2.14. The van der Waals surface area contributed by atoms with Crippen molar-refractivity contribution in [1.82, 2.24) is 4.90 Å². The number of nitrogens with one attached hydrogen (secondary N) is 2. The van der Waals surface area contributed by atoms with Crippen LogP contribution in [0, 0.1) is 6.92 Å². The van der Waals surface area contributed by atoms with E-state index in [1.807, 2.05) is 25.1 Å². The van der Waals surface area contributed by atoms with Crippen LogP contribution in [-0.4, -0.2) is 36.3 Å². The molecule has 1 heterocycles. The van der Waals surface area contributed by atoms with Crippen molar-refractivity contribution in [1.29, 1.82) is 0 Å². The molecule has 1 aliphatic heterocycles. The van der Waals surface area contributed by atoms with Crippen molar-refractivity contribution in [3.63, 3.8) is 0 Å². The first kappa shape index (κ1) is 19.9. The molecule has 6 heteroatoms. The lowest BCUT2D eigenvalue weighted by molar-refractivity contribution is -0.117. The molecule has 3 rings (SSSR count). The lowest BCUT2D eigenvalue weighted by Crippen LogP contribution is -2.33. The number of carbonyl (C=O) groups excluding carboxylic acids is 2. The van der Waals surface area contributed by atoms with Crippen LogP contribution in [0.25, 0.3) is 0 Å². The molecule has 0 atom stereocenters. The van der Waals surface area contributed by atoms with Crippen LogP contribution in [0.2, 0.25) is 0 Å². The summed E-state index contributed by atoms with van der Waals surface area (Å²) in [6, 6.07) is 12.4. The van der Waals surface area contributed by atoms with Crippen LogP contribution in [0.3, 0.4) is 0 Å². The van der Waals surface area contributed by atoms with Gasteiger partial charge in [0, 0.05) is 22.6 Å². The fourth-order valence-corrected chi connectivity index (χ4v) is 3.46. The Morgan fingerprint density at radius 1 is 0.964 bits per heavy atom. The van der Waals surface area contributed by atoms with Gasteiger partial charge in [-0.25, -0.2) is 0 Å². The number of rotatable bonds is 5. The zero-order valence-electron chi connectivity index (χ0n) is 16.3. The third-order valence-electron chi connectivity index (χ3n) is 4.98. The van der Waals surface area contributed by atoms with Crippen molar-refractivity contribution in [2.45, 2.75) is 32.6 Å². The summed E-state index contributed by atoms with van der Waals surface area (Å²) in [5.74, 6) is -0.255. The molecule has 148 valence electrons. The molecule has 0 aliphatic carbocycles. The molecule has 1 aliphatic rings. The van der Waals surface area contributed by atoms with Crippen molar-refractivity contribution < 1.29 is 9.59 Å². The van der Waals surface area contributed by atoms with E-state index in [1.165, 1.54) is 12.8 Å². The van der Waals surface area contributed by atoms with Gasteiger partial charge in [0.1, 0.15) is 0 Å². The quantitative estimate of drug-likeness (QED) is 0.691. The van der Waals surface area contributed by atoms with Gasteiger partial charge in [-0.05, 0) is 68.8 Å². The molecule has 0 spiro atoms. The first-order chi connectivity index (χ1) is 13.5. The van der Waals surface area contributed by atoms with Crippen molar-refractivity contribution in [3.8, 4) is 0 Å². The maximum Gasteiger partial charge on any atom is 0.256 e. The molecule has 6 nitrogen and oxygen atoms in total. The Morgan fingerprint density at radius 3 is 2.36 bits per heavy atom. The predicted octanol–water partition coefficient (Wildman–Crippen LogP) is 3.64. The Morgan fingerprint density at radius 2 is 1.64 bits per heavy atom. The molecule has 2 aromatic carbocycles. The summed E-state index contributed by atoms with van der Waals surface area (Å²) in [7, 11) is 0.